The minimum atomic E-state index is -3.27. The molecule has 3 aromatic carbocycles. The number of rotatable bonds is 4. The van der Waals surface area contributed by atoms with Gasteiger partial charge in [-0.05, 0) is 26.0 Å². The maximum atomic E-state index is 14.8. The van der Waals surface area contributed by atoms with Crippen molar-refractivity contribution in [1.29, 1.82) is 0 Å². The summed E-state index contributed by atoms with van der Waals surface area (Å²) >= 11 is 0. The van der Waals surface area contributed by atoms with Crippen LogP contribution in [-0.4, -0.2) is 9.67 Å². The number of para-hydroxylation sites is 1. The Kier molecular flexibility index (Phi) is 4.41. The summed E-state index contributed by atoms with van der Waals surface area (Å²) in [5.74, 6) is 0.107. The molecule has 4 aromatic rings. The minimum absolute atomic E-state index is 0.0477. The Morgan fingerprint density at radius 1 is 0.778 bits per heavy atom. The van der Waals surface area contributed by atoms with Gasteiger partial charge in [-0.15, -0.1) is 0 Å². The standard InChI is InChI=1S/C23H22NO2P/c1-17(2)24-21-16-10-9-15-20(21)22(25)23(24)27(26,18-11-5-3-6-12-18)19-13-7-4-8-14-19/h3-17,25H,1-2H3. The van der Waals surface area contributed by atoms with E-state index in [9.17, 15) is 9.67 Å². The van der Waals surface area contributed by atoms with E-state index in [0.717, 1.165) is 21.5 Å². The van der Waals surface area contributed by atoms with Crippen molar-refractivity contribution in [3.8, 4) is 5.75 Å². The van der Waals surface area contributed by atoms with Gasteiger partial charge in [0.05, 0.1) is 5.52 Å². The largest absolute Gasteiger partial charge is 0.505 e. The molecule has 4 heteroatoms. The number of fused-ring (bicyclic) bond motifs is 1. The summed E-state index contributed by atoms with van der Waals surface area (Å²) in [5.41, 5.74) is 1.39. The van der Waals surface area contributed by atoms with E-state index in [4.69, 9.17) is 0 Å². The number of hydrogen-bond acceptors (Lipinski definition) is 2. The van der Waals surface area contributed by atoms with Gasteiger partial charge in [0, 0.05) is 22.0 Å². The number of nitrogens with zero attached hydrogens (tertiary/aromatic N) is 1. The second-order valence-electron chi connectivity index (χ2n) is 6.93. The van der Waals surface area contributed by atoms with Gasteiger partial charge >= 0.3 is 0 Å². The first-order valence-corrected chi connectivity index (χ1v) is 10.8. The van der Waals surface area contributed by atoms with E-state index in [0.29, 0.717) is 5.44 Å². The van der Waals surface area contributed by atoms with Crippen molar-refractivity contribution in [2.24, 2.45) is 0 Å². The highest BCUT2D eigenvalue weighted by molar-refractivity contribution is 7.85. The molecule has 1 heterocycles. The average Bonchev–Trinajstić information content (AvgIpc) is 3.02. The molecule has 136 valence electrons. The molecule has 0 bridgehead atoms. The van der Waals surface area contributed by atoms with Crippen molar-refractivity contribution in [3.05, 3.63) is 84.9 Å². The second kappa shape index (κ2) is 6.75. The molecule has 0 aliphatic heterocycles. The fourth-order valence-electron chi connectivity index (χ4n) is 3.73. The van der Waals surface area contributed by atoms with E-state index in [2.05, 4.69) is 13.8 Å². The molecule has 27 heavy (non-hydrogen) atoms. The summed E-state index contributed by atoms with van der Waals surface area (Å²) in [7, 11) is -3.27. The molecular weight excluding hydrogens is 353 g/mol. The van der Waals surface area contributed by atoms with E-state index in [1.807, 2.05) is 89.5 Å². The fraction of sp³-hybridized carbons (Fsp3) is 0.130. The van der Waals surface area contributed by atoms with Crippen molar-refractivity contribution in [2.45, 2.75) is 19.9 Å². The molecule has 1 N–H and O–H groups in total. The number of aromatic hydroxyl groups is 1. The van der Waals surface area contributed by atoms with Crippen molar-refractivity contribution in [1.82, 2.24) is 4.57 Å². The van der Waals surface area contributed by atoms with Gasteiger partial charge < -0.3 is 14.2 Å². The highest BCUT2D eigenvalue weighted by Gasteiger charge is 2.37. The molecule has 0 saturated heterocycles. The number of benzene rings is 3. The Labute approximate surface area is 159 Å². The van der Waals surface area contributed by atoms with Crippen LogP contribution in [0.15, 0.2) is 84.9 Å². The van der Waals surface area contributed by atoms with E-state index in [1.54, 1.807) is 0 Å². The Morgan fingerprint density at radius 2 is 1.26 bits per heavy atom. The third-order valence-corrected chi connectivity index (χ3v) is 7.99. The highest BCUT2D eigenvalue weighted by atomic mass is 31.2. The van der Waals surface area contributed by atoms with Crippen LogP contribution in [0.2, 0.25) is 0 Å². The smallest absolute Gasteiger partial charge is 0.190 e. The van der Waals surface area contributed by atoms with E-state index < -0.39 is 7.14 Å². The molecule has 0 saturated carbocycles. The molecule has 0 fully saturated rings. The quantitative estimate of drug-likeness (QED) is 0.531. The first-order chi connectivity index (χ1) is 13.0. The van der Waals surface area contributed by atoms with Gasteiger partial charge in [-0.2, -0.15) is 0 Å². The molecule has 0 radical (unpaired) electrons. The molecule has 0 atom stereocenters. The van der Waals surface area contributed by atoms with Crippen LogP contribution in [0, 0.1) is 0 Å². The zero-order chi connectivity index (χ0) is 19.0. The van der Waals surface area contributed by atoms with Gasteiger partial charge in [0.15, 0.2) is 12.9 Å². The van der Waals surface area contributed by atoms with Crippen molar-refractivity contribution in [3.63, 3.8) is 0 Å². The first kappa shape index (κ1) is 17.6. The molecular formula is C23H22NO2P. The first-order valence-electron chi connectivity index (χ1n) is 9.09. The molecule has 1 aromatic heterocycles. The third-order valence-electron chi connectivity index (χ3n) is 4.91. The van der Waals surface area contributed by atoms with E-state index >= 15 is 0 Å². The molecule has 0 aliphatic carbocycles. The monoisotopic (exact) mass is 375 g/mol. The molecule has 3 nitrogen and oxygen atoms in total. The summed E-state index contributed by atoms with van der Waals surface area (Å²) in [6.07, 6.45) is 0. The fourth-order valence-corrected chi connectivity index (χ4v) is 6.76. The van der Waals surface area contributed by atoms with Gasteiger partial charge in [-0.1, -0.05) is 72.8 Å². The van der Waals surface area contributed by atoms with Crippen LogP contribution in [0.4, 0.5) is 0 Å². The lowest BCUT2D eigenvalue weighted by Gasteiger charge is -2.24. The van der Waals surface area contributed by atoms with Crippen molar-refractivity contribution < 1.29 is 9.67 Å². The predicted octanol–water partition coefficient (Wildman–Crippen LogP) is 4.57. The molecule has 0 amide bonds. The SMILES string of the molecule is CC(C)n1c(P(=O)(c2ccccc2)c2ccccc2)c(O)c2ccccc21. The van der Waals surface area contributed by atoms with E-state index in [-0.39, 0.29) is 11.8 Å². The lowest BCUT2D eigenvalue weighted by atomic mass is 10.2. The Bertz CT molecular complexity index is 1090. The van der Waals surface area contributed by atoms with Crippen LogP contribution < -0.4 is 16.0 Å². The maximum Gasteiger partial charge on any atom is 0.190 e. The molecule has 0 aliphatic rings. The summed E-state index contributed by atoms with van der Waals surface area (Å²) in [6, 6.07) is 26.7. The molecule has 0 spiro atoms. The normalized spacial score (nSPS) is 12.0. The van der Waals surface area contributed by atoms with Gasteiger partial charge in [-0.25, -0.2) is 0 Å². The predicted molar refractivity (Wildman–Crippen MR) is 113 cm³/mol. The highest BCUT2D eigenvalue weighted by Crippen LogP contribution is 2.48. The van der Waals surface area contributed by atoms with Crippen LogP contribution >= 0.6 is 7.14 Å². The maximum absolute atomic E-state index is 14.8. The topological polar surface area (TPSA) is 42.2 Å². The van der Waals surface area contributed by atoms with Gasteiger partial charge in [-0.3, -0.25) is 0 Å². The third kappa shape index (κ3) is 2.70. The Morgan fingerprint density at radius 3 is 1.78 bits per heavy atom. The summed E-state index contributed by atoms with van der Waals surface area (Å²) in [6.45, 7) is 4.10. The zero-order valence-corrected chi connectivity index (χ0v) is 16.3. The summed E-state index contributed by atoms with van der Waals surface area (Å²) in [5, 5.41) is 13.4. The van der Waals surface area contributed by atoms with Crippen molar-refractivity contribution >= 4 is 34.1 Å². The average molecular weight is 375 g/mol. The lowest BCUT2D eigenvalue weighted by Crippen LogP contribution is -2.30. The van der Waals surface area contributed by atoms with Crippen LogP contribution in [-0.2, 0) is 4.57 Å². The van der Waals surface area contributed by atoms with E-state index in [1.165, 1.54) is 0 Å². The van der Waals surface area contributed by atoms with Gasteiger partial charge in [0.25, 0.3) is 0 Å². The summed E-state index contributed by atoms with van der Waals surface area (Å²) < 4.78 is 16.8. The van der Waals surface area contributed by atoms with Crippen LogP contribution in [0.3, 0.4) is 0 Å². The molecule has 0 unspecified atom stereocenters. The Balaban J connectivity index is 2.17. The lowest BCUT2D eigenvalue weighted by molar-refractivity contribution is 0.481. The Hall–Kier alpha value is -2.77. The summed E-state index contributed by atoms with van der Waals surface area (Å²) in [4.78, 5) is 0. The second-order valence-corrected chi connectivity index (χ2v) is 9.61. The van der Waals surface area contributed by atoms with Crippen LogP contribution in [0.1, 0.15) is 19.9 Å². The number of hydrogen-bond donors (Lipinski definition) is 1. The van der Waals surface area contributed by atoms with Crippen LogP contribution in [0.25, 0.3) is 10.9 Å². The van der Waals surface area contributed by atoms with Crippen molar-refractivity contribution in [2.75, 3.05) is 0 Å². The minimum Gasteiger partial charge on any atom is -0.505 e. The van der Waals surface area contributed by atoms with Gasteiger partial charge in [0.2, 0.25) is 0 Å². The zero-order valence-electron chi connectivity index (χ0n) is 15.4. The number of aromatic nitrogens is 1. The van der Waals surface area contributed by atoms with Crippen LogP contribution in [0.5, 0.6) is 5.75 Å². The van der Waals surface area contributed by atoms with Gasteiger partial charge in [0.1, 0.15) is 5.44 Å². The molecule has 4 rings (SSSR count).